The quantitative estimate of drug-likeness (QED) is 0.854. The Morgan fingerprint density at radius 2 is 2.12 bits per heavy atom. The van der Waals surface area contributed by atoms with E-state index in [1.807, 2.05) is 12.1 Å². The number of halogens is 1. The highest BCUT2D eigenvalue weighted by Gasteiger charge is 2.01. The van der Waals surface area contributed by atoms with Crippen molar-refractivity contribution < 1.29 is 0 Å². The molecular weight excluding hydrogens is 284 g/mol. The monoisotopic (exact) mass is 294 g/mol. The van der Waals surface area contributed by atoms with Crippen molar-refractivity contribution in [2.45, 2.75) is 13.3 Å². The van der Waals surface area contributed by atoms with Crippen LogP contribution in [0.15, 0.2) is 34.9 Å². The van der Waals surface area contributed by atoms with Crippen molar-refractivity contribution in [2.75, 3.05) is 0 Å². The zero-order chi connectivity index (χ0) is 11.5. The third kappa shape index (κ3) is 2.57. The number of nitrogens with one attached hydrogen (secondary N) is 1. The predicted octanol–water partition coefficient (Wildman–Crippen LogP) is 3.80. The molecule has 0 radical (unpaired) electrons. The predicted molar refractivity (Wildman–Crippen MR) is 71.1 cm³/mol. The molecule has 1 aromatic heterocycles. The summed E-state index contributed by atoms with van der Waals surface area (Å²) in [4.78, 5) is 7.41. The maximum Gasteiger partial charge on any atom is 0.120 e. The summed E-state index contributed by atoms with van der Waals surface area (Å²) in [7, 11) is 0. The van der Waals surface area contributed by atoms with Crippen LogP contribution >= 0.6 is 28.1 Å². The fourth-order valence-electron chi connectivity index (χ4n) is 1.49. The van der Waals surface area contributed by atoms with Gasteiger partial charge in [0.1, 0.15) is 10.5 Å². The van der Waals surface area contributed by atoms with Crippen LogP contribution in [0.1, 0.15) is 17.0 Å². The van der Waals surface area contributed by atoms with E-state index in [-0.39, 0.29) is 0 Å². The minimum Gasteiger partial charge on any atom is -0.334 e. The van der Waals surface area contributed by atoms with Crippen molar-refractivity contribution in [1.82, 2.24) is 9.97 Å². The lowest BCUT2D eigenvalue weighted by Gasteiger charge is -2.05. The van der Waals surface area contributed by atoms with Gasteiger partial charge in [0.05, 0.1) is 4.47 Å². The standard InChI is InChI=1S/C12H11BrN2S/c1-8-4-2-3-5-9(8)6-11-14-7-10(13)12(16)15-11/h2-5,7H,6H2,1H3,(H,14,15,16). The number of nitrogens with zero attached hydrogens (tertiary/aromatic N) is 1. The average molecular weight is 295 g/mol. The number of H-pyrrole nitrogens is 1. The van der Waals surface area contributed by atoms with Crippen LogP contribution in [0.25, 0.3) is 0 Å². The van der Waals surface area contributed by atoms with Crippen molar-refractivity contribution in [1.29, 1.82) is 0 Å². The molecule has 0 aliphatic carbocycles. The molecule has 16 heavy (non-hydrogen) atoms. The normalized spacial score (nSPS) is 10.4. The third-order valence-electron chi connectivity index (χ3n) is 2.43. The summed E-state index contributed by atoms with van der Waals surface area (Å²) in [6.07, 6.45) is 2.52. The van der Waals surface area contributed by atoms with Gasteiger partial charge < -0.3 is 4.98 Å². The fourth-order valence-corrected chi connectivity index (χ4v) is 1.87. The lowest BCUT2D eigenvalue weighted by Crippen LogP contribution is -1.98. The Labute approximate surface area is 108 Å². The first-order valence-electron chi connectivity index (χ1n) is 4.95. The molecule has 2 aromatic rings. The van der Waals surface area contributed by atoms with E-state index in [9.17, 15) is 0 Å². The second-order valence-electron chi connectivity index (χ2n) is 3.61. The zero-order valence-corrected chi connectivity index (χ0v) is 11.2. The van der Waals surface area contributed by atoms with Crippen molar-refractivity contribution in [3.05, 3.63) is 56.5 Å². The van der Waals surface area contributed by atoms with Crippen LogP contribution in [0.2, 0.25) is 0 Å². The molecular formula is C12H11BrN2S. The molecule has 0 fully saturated rings. The molecule has 82 valence electrons. The average Bonchev–Trinajstić information content (AvgIpc) is 2.27. The van der Waals surface area contributed by atoms with Crippen LogP contribution in [-0.4, -0.2) is 9.97 Å². The zero-order valence-electron chi connectivity index (χ0n) is 8.83. The van der Waals surface area contributed by atoms with E-state index in [4.69, 9.17) is 12.2 Å². The maximum absolute atomic E-state index is 5.15. The summed E-state index contributed by atoms with van der Waals surface area (Å²) in [5, 5.41) is 0. The van der Waals surface area contributed by atoms with Crippen molar-refractivity contribution in [3.63, 3.8) is 0 Å². The molecule has 2 rings (SSSR count). The van der Waals surface area contributed by atoms with Crippen molar-refractivity contribution >= 4 is 28.1 Å². The first-order chi connectivity index (χ1) is 7.66. The van der Waals surface area contributed by atoms with E-state index in [1.165, 1.54) is 11.1 Å². The first kappa shape index (κ1) is 11.5. The van der Waals surface area contributed by atoms with Crippen LogP contribution in [-0.2, 0) is 6.42 Å². The summed E-state index contributed by atoms with van der Waals surface area (Å²) in [6.45, 7) is 2.10. The molecule has 2 nitrogen and oxygen atoms in total. The van der Waals surface area contributed by atoms with E-state index in [0.29, 0.717) is 4.64 Å². The number of aromatic nitrogens is 2. The SMILES string of the molecule is Cc1ccccc1Cc1ncc(Br)c(=S)[nH]1. The number of aryl methyl sites for hydroxylation is 1. The second-order valence-corrected chi connectivity index (χ2v) is 4.87. The largest absolute Gasteiger partial charge is 0.334 e. The molecule has 1 N–H and O–H groups in total. The van der Waals surface area contributed by atoms with E-state index in [1.54, 1.807) is 6.20 Å². The molecule has 0 unspecified atom stereocenters. The van der Waals surface area contributed by atoms with Gasteiger partial charge in [0, 0.05) is 12.6 Å². The highest BCUT2D eigenvalue weighted by atomic mass is 79.9. The molecule has 0 amide bonds. The van der Waals surface area contributed by atoms with Gasteiger partial charge >= 0.3 is 0 Å². The Morgan fingerprint density at radius 3 is 2.81 bits per heavy atom. The van der Waals surface area contributed by atoms with Crippen LogP contribution in [0.5, 0.6) is 0 Å². The summed E-state index contributed by atoms with van der Waals surface area (Å²) in [6, 6.07) is 8.28. The van der Waals surface area contributed by atoms with Crippen molar-refractivity contribution in [3.8, 4) is 0 Å². The fraction of sp³-hybridized carbons (Fsp3) is 0.167. The van der Waals surface area contributed by atoms with Gasteiger partial charge in [0.15, 0.2) is 0 Å². The van der Waals surface area contributed by atoms with Crippen LogP contribution in [0.3, 0.4) is 0 Å². The molecule has 0 bridgehead atoms. The molecule has 0 aliphatic rings. The van der Waals surface area contributed by atoms with Gasteiger partial charge in [-0.1, -0.05) is 36.5 Å². The number of benzene rings is 1. The van der Waals surface area contributed by atoms with Gasteiger partial charge in [-0.2, -0.15) is 0 Å². The Kier molecular flexibility index (Phi) is 3.51. The van der Waals surface area contributed by atoms with Crippen molar-refractivity contribution in [2.24, 2.45) is 0 Å². The van der Waals surface area contributed by atoms with E-state index in [0.717, 1.165) is 16.7 Å². The Balaban J connectivity index is 2.31. The Bertz CT molecular complexity index is 563. The Hall–Kier alpha value is -1.00. The number of hydrogen-bond donors (Lipinski definition) is 1. The molecule has 0 spiro atoms. The molecule has 4 heteroatoms. The number of rotatable bonds is 2. The topological polar surface area (TPSA) is 28.7 Å². The minimum absolute atomic E-state index is 0.693. The number of aromatic amines is 1. The van der Waals surface area contributed by atoms with Crippen LogP contribution in [0, 0.1) is 11.6 Å². The molecule has 1 aromatic carbocycles. The van der Waals surface area contributed by atoms with Gasteiger partial charge in [-0.15, -0.1) is 0 Å². The molecule has 0 atom stereocenters. The third-order valence-corrected chi connectivity index (χ3v) is 3.61. The lowest BCUT2D eigenvalue weighted by molar-refractivity contribution is 0.947. The lowest BCUT2D eigenvalue weighted by atomic mass is 10.1. The molecule has 1 heterocycles. The Morgan fingerprint density at radius 1 is 1.38 bits per heavy atom. The van der Waals surface area contributed by atoms with Gasteiger partial charge in [-0.05, 0) is 34.0 Å². The molecule has 0 aliphatic heterocycles. The number of hydrogen-bond acceptors (Lipinski definition) is 2. The van der Waals surface area contributed by atoms with Gasteiger partial charge in [-0.3, -0.25) is 0 Å². The van der Waals surface area contributed by atoms with Crippen LogP contribution in [0.4, 0.5) is 0 Å². The van der Waals surface area contributed by atoms with E-state index >= 15 is 0 Å². The maximum atomic E-state index is 5.15. The summed E-state index contributed by atoms with van der Waals surface area (Å²) in [5.74, 6) is 0.891. The highest BCUT2D eigenvalue weighted by molar-refractivity contribution is 9.10. The summed E-state index contributed by atoms with van der Waals surface area (Å²) in [5.41, 5.74) is 2.54. The van der Waals surface area contributed by atoms with Gasteiger partial charge in [-0.25, -0.2) is 4.98 Å². The second kappa shape index (κ2) is 4.89. The van der Waals surface area contributed by atoms with Gasteiger partial charge in [0.25, 0.3) is 0 Å². The first-order valence-corrected chi connectivity index (χ1v) is 6.15. The summed E-state index contributed by atoms with van der Waals surface area (Å²) >= 11 is 8.48. The minimum atomic E-state index is 0.693. The van der Waals surface area contributed by atoms with Gasteiger partial charge in [0.2, 0.25) is 0 Å². The molecule has 0 saturated heterocycles. The highest BCUT2D eigenvalue weighted by Crippen LogP contribution is 2.13. The van der Waals surface area contributed by atoms with E-state index in [2.05, 4.69) is 45.0 Å². The molecule has 0 saturated carbocycles. The smallest absolute Gasteiger partial charge is 0.120 e. The van der Waals surface area contributed by atoms with E-state index < -0.39 is 0 Å². The summed E-state index contributed by atoms with van der Waals surface area (Å²) < 4.78 is 1.52. The van der Waals surface area contributed by atoms with Crippen LogP contribution < -0.4 is 0 Å².